The summed E-state index contributed by atoms with van der Waals surface area (Å²) in [4.78, 5) is 41.1. The summed E-state index contributed by atoms with van der Waals surface area (Å²) >= 11 is 0. The van der Waals surface area contributed by atoms with Crippen LogP contribution >= 0.6 is 0 Å². The van der Waals surface area contributed by atoms with Gasteiger partial charge in [-0.2, -0.15) is 0 Å². The Bertz CT molecular complexity index is 250. The molecule has 58 valence electrons. The molecule has 0 radical (unpaired) electrons. The van der Waals surface area contributed by atoms with Crippen molar-refractivity contribution in [2.75, 3.05) is 0 Å². The van der Waals surface area contributed by atoms with Crippen LogP contribution in [0, 0.1) is 5.92 Å². The highest BCUT2D eigenvalue weighted by Crippen LogP contribution is 2.20. The zero-order chi connectivity index (χ0) is 8.59. The summed E-state index contributed by atoms with van der Waals surface area (Å²) in [7, 11) is 0. The predicted octanol–water partition coefficient (Wildman–Crippen LogP) is -1.20. The van der Waals surface area contributed by atoms with Crippen molar-refractivity contribution in [2.24, 2.45) is 5.92 Å². The molecule has 0 spiro atoms. The Morgan fingerprint density at radius 1 is 1.27 bits per heavy atom. The summed E-state index contributed by atoms with van der Waals surface area (Å²) in [5.41, 5.74) is 0. The van der Waals surface area contributed by atoms with E-state index in [1.807, 2.05) is 0 Å². The van der Waals surface area contributed by atoms with Crippen LogP contribution < -0.4 is 0 Å². The average Bonchev–Trinajstić information content (AvgIpc) is 2.39. The van der Waals surface area contributed by atoms with Crippen molar-refractivity contribution >= 4 is 23.3 Å². The highest BCUT2D eigenvalue weighted by molar-refractivity contribution is 6.66. The van der Waals surface area contributed by atoms with Crippen molar-refractivity contribution < 1.29 is 24.3 Å². The maximum Gasteiger partial charge on any atom is 0.310 e. The summed E-state index contributed by atoms with van der Waals surface area (Å²) in [6.07, 6.45) is -0.748. The molecular formula is C6H4O5. The van der Waals surface area contributed by atoms with E-state index in [-0.39, 0.29) is 0 Å². The minimum Gasteiger partial charge on any atom is -0.481 e. The van der Waals surface area contributed by atoms with E-state index in [1.54, 1.807) is 0 Å². The molecule has 0 amide bonds. The number of Topliss-reactive ketones (excluding diaryl/α,β-unsaturated/α-hetero) is 3. The number of carbonyl (C=O) groups is 4. The molecule has 0 unspecified atom stereocenters. The average molecular weight is 156 g/mol. The van der Waals surface area contributed by atoms with E-state index in [2.05, 4.69) is 0 Å². The zero-order valence-corrected chi connectivity index (χ0v) is 5.36. The highest BCUT2D eigenvalue weighted by atomic mass is 16.4. The van der Waals surface area contributed by atoms with E-state index >= 15 is 0 Å². The van der Waals surface area contributed by atoms with Gasteiger partial charge in [0.15, 0.2) is 11.7 Å². The lowest BCUT2D eigenvalue weighted by molar-refractivity contribution is -0.140. The Balaban J connectivity index is 2.52. The molecular weight excluding hydrogens is 152 g/mol. The normalized spacial score (nSPS) is 16.7. The van der Waals surface area contributed by atoms with Crippen LogP contribution in [-0.2, 0) is 19.2 Å². The first kappa shape index (κ1) is 7.59. The second-order valence-corrected chi connectivity index (χ2v) is 2.20. The monoisotopic (exact) mass is 156 g/mol. The van der Waals surface area contributed by atoms with Gasteiger partial charge in [0.1, 0.15) is 6.42 Å². The molecule has 0 aliphatic heterocycles. The Morgan fingerprint density at radius 3 is 2.00 bits per heavy atom. The van der Waals surface area contributed by atoms with Crippen LogP contribution in [0.15, 0.2) is 0 Å². The van der Waals surface area contributed by atoms with Gasteiger partial charge in [0.05, 0.1) is 0 Å². The van der Waals surface area contributed by atoms with Crippen molar-refractivity contribution in [3.05, 3.63) is 0 Å². The van der Waals surface area contributed by atoms with Crippen LogP contribution in [0.1, 0.15) is 6.42 Å². The molecule has 1 fully saturated rings. The van der Waals surface area contributed by atoms with E-state index in [1.165, 1.54) is 0 Å². The lowest BCUT2D eigenvalue weighted by Crippen LogP contribution is -2.10. The fourth-order valence-electron chi connectivity index (χ4n) is 0.727. The quantitative estimate of drug-likeness (QED) is 0.409. The number of carbonyl (C=O) groups excluding carboxylic acids is 3. The van der Waals surface area contributed by atoms with Crippen molar-refractivity contribution in [3.8, 4) is 0 Å². The summed E-state index contributed by atoms with van der Waals surface area (Å²) in [6.45, 7) is 0. The molecule has 0 saturated heterocycles. The number of hydrogen-bond acceptors (Lipinski definition) is 4. The van der Waals surface area contributed by atoms with Crippen LogP contribution in [0.5, 0.6) is 0 Å². The molecule has 1 N–H and O–H groups in total. The molecule has 11 heavy (non-hydrogen) atoms. The molecule has 0 aromatic heterocycles. The van der Waals surface area contributed by atoms with E-state index in [0.717, 1.165) is 0 Å². The topological polar surface area (TPSA) is 88.5 Å². The van der Waals surface area contributed by atoms with Crippen molar-refractivity contribution in [1.29, 1.82) is 0 Å². The molecule has 5 heteroatoms. The smallest absolute Gasteiger partial charge is 0.310 e. The van der Waals surface area contributed by atoms with E-state index < -0.39 is 35.7 Å². The van der Waals surface area contributed by atoms with Gasteiger partial charge in [-0.15, -0.1) is 0 Å². The predicted molar refractivity (Wildman–Crippen MR) is 30.8 cm³/mol. The Morgan fingerprint density at radius 2 is 1.73 bits per heavy atom. The van der Waals surface area contributed by atoms with Crippen LogP contribution in [0.2, 0.25) is 0 Å². The van der Waals surface area contributed by atoms with Crippen molar-refractivity contribution in [3.63, 3.8) is 0 Å². The SMILES string of the molecule is O=C(O)CC(=O)C1C(=O)C1=O. The molecule has 1 aliphatic rings. The van der Waals surface area contributed by atoms with Gasteiger partial charge in [0, 0.05) is 0 Å². The van der Waals surface area contributed by atoms with Gasteiger partial charge >= 0.3 is 5.97 Å². The highest BCUT2D eigenvalue weighted by Gasteiger charge is 2.53. The molecule has 0 bridgehead atoms. The summed E-state index contributed by atoms with van der Waals surface area (Å²) < 4.78 is 0. The summed E-state index contributed by atoms with van der Waals surface area (Å²) in [6, 6.07) is 0. The first-order valence-electron chi connectivity index (χ1n) is 2.86. The Hall–Kier alpha value is -1.52. The molecule has 0 heterocycles. The van der Waals surface area contributed by atoms with Gasteiger partial charge in [-0.3, -0.25) is 19.2 Å². The fraction of sp³-hybridized carbons (Fsp3) is 0.333. The largest absolute Gasteiger partial charge is 0.481 e. The number of hydrogen-bond donors (Lipinski definition) is 1. The third kappa shape index (κ3) is 1.31. The zero-order valence-electron chi connectivity index (χ0n) is 5.36. The van der Waals surface area contributed by atoms with Crippen LogP contribution in [0.25, 0.3) is 0 Å². The lowest BCUT2D eigenvalue weighted by Gasteiger charge is -1.86. The number of carboxylic acids is 1. The minimum atomic E-state index is -1.32. The van der Waals surface area contributed by atoms with Gasteiger partial charge < -0.3 is 5.11 Å². The molecule has 1 rings (SSSR count). The maximum absolute atomic E-state index is 10.6. The number of aliphatic carboxylic acids is 1. The summed E-state index contributed by atoms with van der Waals surface area (Å²) in [5, 5.41) is 8.09. The number of ketones is 3. The second-order valence-electron chi connectivity index (χ2n) is 2.20. The molecule has 1 aliphatic carbocycles. The Kier molecular flexibility index (Phi) is 1.56. The van der Waals surface area contributed by atoms with Crippen molar-refractivity contribution in [2.45, 2.75) is 6.42 Å². The third-order valence-corrected chi connectivity index (χ3v) is 1.33. The van der Waals surface area contributed by atoms with Gasteiger partial charge in [-0.05, 0) is 0 Å². The standard InChI is InChI=1S/C6H4O5/c7-2(1-3(8)9)4-5(10)6(4)11/h4H,1H2,(H,8,9). The first-order chi connectivity index (χ1) is 5.04. The van der Waals surface area contributed by atoms with Crippen LogP contribution in [0.4, 0.5) is 0 Å². The molecule has 5 nitrogen and oxygen atoms in total. The van der Waals surface area contributed by atoms with E-state index in [4.69, 9.17) is 5.11 Å². The van der Waals surface area contributed by atoms with Gasteiger partial charge in [-0.1, -0.05) is 0 Å². The van der Waals surface area contributed by atoms with E-state index in [0.29, 0.717) is 0 Å². The number of carboxylic acid groups (broad SMARTS) is 1. The fourth-order valence-corrected chi connectivity index (χ4v) is 0.727. The van der Waals surface area contributed by atoms with Crippen LogP contribution in [0.3, 0.4) is 0 Å². The second kappa shape index (κ2) is 2.26. The molecule has 0 aromatic carbocycles. The van der Waals surface area contributed by atoms with Gasteiger partial charge in [0.25, 0.3) is 0 Å². The number of rotatable bonds is 3. The van der Waals surface area contributed by atoms with Crippen molar-refractivity contribution in [1.82, 2.24) is 0 Å². The van der Waals surface area contributed by atoms with Crippen LogP contribution in [-0.4, -0.2) is 28.4 Å². The lowest BCUT2D eigenvalue weighted by atomic mass is 10.2. The summed E-state index contributed by atoms with van der Waals surface area (Å²) in [5.74, 6) is -4.92. The molecule has 0 atom stereocenters. The van der Waals surface area contributed by atoms with Gasteiger partial charge in [-0.25, -0.2) is 0 Å². The minimum absolute atomic E-state index is 0.748. The molecule has 1 saturated carbocycles. The molecule has 0 aromatic rings. The van der Waals surface area contributed by atoms with E-state index in [9.17, 15) is 19.2 Å². The Labute approximate surface area is 61.0 Å². The maximum atomic E-state index is 10.6. The van der Waals surface area contributed by atoms with Gasteiger partial charge in [0.2, 0.25) is 11.6 Å². The first-order valence-corrected chi connectivity index (χ1v) is 2.86. The third-order valence-electron chi connectivity index (χ3n) is 1.33.